The van der Waals surface area contributed by atoms with E-state index in [9.17, 15) is 9.59 Å². The van der Waals surface area contributed by atoms with Gasteiger partial charge in [-0.1, -0.05) is 0 Å². The zero-order chi connectivity index (χ0) is 12.4. The number of cyclic esters (lactones) is 1. The number of anilines is 1. The van der Waals surface area contributed by atoms with Crippen LogP contribution in [0.2, 0.25) is 0 Å². The van der Waals surface area contributed by atoms with Gasteiger partial charge in [0.15, 0.2) is 0 Å². The number of rotatable bonds is 3. The molecule has 1 aliphatic heterocycles. The fraction of sp³-hybridized carbons (Fsp3) is 0.273. The van der Waals surface area contributed by atoms with Gasteiger partial charge in [-0.05, 0) is 18.2 Å². The zero-order valence-electron chi connectivity index (χ0n) is 9.17. The molecule has 1 aromatic rings. The van der Waals surface area contributed by atoms with Gasteiger partial charge in [0.05, 0.1) is 24.9 Å². The Labute approximate surface area is 97.4 Å². The summed E-state index contributed by atoms with van der Waals surface area (Å²) in [7, 11) is 1.42. The maximum atomic E-state index is 11.4. The molecule has 0 spiro atoms. The number of hydrogen-bond donors (Lipinski definition) is 1. The summed E-state index contributed by atoms with van der Waals surface area (Å²) in [6.45, 7) is 0.754. The molecule has 17 heavy (non-hydrogen) atoms. The van der Waals surface area contributed by atoms with Gasteiger partial charge < -0.3 is 14.6 Å². The fourth-order valence-corrected chi connectivity index (χ4v) is 1.65. The standard InChI is InChI=1S/C11H11NO5/c1-16-9-6-7(10(13)14)2-3-8(9)12-4-5-17-11(12)15/h2-3,6H,4-5H2,1H3,(H,13,14). The number of aromatic carboxylic acids is 1. The average molecular weight is 237 g/mol. The quantitative estimate of drug-likeness (QED) is 0.858. The number of carbonyl (C=O) groups is 2. The van der Waals surface area contributed by atoms with Crippen molar-refractivity contribution in [3.05, 3.63) is 23.8 Å². The highest BCUT2D eigenvalue weighted by Crippen LogP contribution is 2.31. The van der Waals surface area contributed by atoms with Gasteiger partial charge in [0.25, 0.3) is 0 Å². The molecule has 1 fully saturated rings. The largest absolute Gasteiger partial charge is 0.495 e. The van der Waals surface area contributed by atoms with Gasteiger partial charge in [-0.15, -0.1) is 0 Å². The van der Waals surface area contributed by atoms with Crippen molar-refractivity contribution >= 4 is 17.7 Å². The van der Waals surface area contributed by atoms with Crippen LogP contribution in [0, 0.1) is 0 Å². The van der Waals surface area contributed by atoms with Gasteiger partial charge in [-0.3, -0.25) is 4.90 Å². The van der Waals surface area contributed by atoms with E-state index in [4.69, 9.17) is 14.6 Å². The molecule has 0 saturated carbocycles. The molecular formula is C11H11NO5. The number of nitrogens with zero attached hydrogens (tertiary/aromatic N) is 1. The van der Waals surface area contributed by atoms with Gasteiger partial charge in [0.1, 0.15) is 12.4 Å². The summed E-state index contributed by atoms with van der Waals surface area (Å²) in [5, 5.41) is 8.85. The maximum absolute atomic E-state index is 11.4. The van der Waals surface area contributed by atoms with Crippen molar-refractivity contribution in [3.8, 4) is 5.75 Å². The van der Waals surface area contributed by atoms with Gasteiger partial charge in [-0.2, -0.15) is 0 Å². The Kier molecular flexibility index (Phi) is 2.86. The average Bonchev–Trinajstić information content (AvgIpc) is 2.74. The van der Waals surface area contributed by atoms with E-state index in [2.05, 4.69) is 0 Å². The summed E-state index contributed by atoms with van der Waals surface area (Å²) in [6, 6.07) is 4.34. The highest BCUT2D eigenvalue weighted by Gasteiger charge is 2.26. The van der Waals surface area contributed by atoms with Crippen LogP contribution in [-0.2, 0) is 4.74 Å². The van der Waals surface area contributed by atoms with E-state index in [1.165, 1.54) is 30.2 Å². The van der Waals surface area contributed by atoms with Crippen LogP contribution in [0.1, 0.15) is 10.4 Å². The molecule has 6 nitrogen and oxygen atoms in total. The Morgan fingerprint density at radius 1 is 1.53 bits per heavy atom. The monoisotopic (exact) mass is 237 g/mol. The summed E-state index contributed by atoms with van der Waals surface area (Å²) in [5.74, 6) is -0.706. The second-order valence-corrected chi connectivity index (χ2v) is 3.46. The molecule has 1 saturated heterocycles. The third-order valence-corrected chi connectivity index (χ3v) is 2.48. The zero-order valence-corrected chi connectivity index (χ0v) is 9.17. The Bertz CT molecular complexity index is 471. The number of hydrogen-bond acceptors (Lipinski definition) is 4. The summed E-state index contributed by atoms with van der Waals surface area (Å²) in [4.78, 5) is 23.6. The Balaban J connectivity index is 2.40. The minimum absolute atomic E-state index is 0.109. The Hall–Kier alpha value is -2.24. The SMILES string of the molecule is COc1cc(C(=O)O)ccc1N1CCOC1=O. The van der Waals surface area contributed by atoms with Crippen LogP contribution in [0.15, 0.2) is 18.2 Å². The smallest absolute Gasteiger partial charge is 0.414 e. The van der Waals surface area contributed by atoms with Crippen LogP contribution in [0.3, 0.4) is 0 Å². The van der Waals surface area contributed by atoms with E-state index in [1.54, 1.807) is 0 Å². The number of methoxy groups -OCH3 is 1. The Morgan fingerprint density at radius 2 is 2.29 bits per heavy atom. The minimum atomic E-state index is -1.04. The molecule has 1 N–H and O–H groups in total. The predicted molar refractivity (Wildman–Crippen MR) is 58.6 cm³/mol. The Morgan fingerprint density at radius 3 is 2.82 bits per heavy atom. The lowest BCUT2D eigenvalue weighted by Gasteiger charge is -2.16. The van der Waals surface area contributed by atoms with Gasteiger partial charge in [0, 0.05) is 0 Å². The normalized spacial score (nSPS) is 14.6. The lowest BCUT2D eigenvalue weighted by atomic mass is 10.2. The van der Waals surface area contributed by atoms with Crippen molar-refractivity contribution in [3.63, 3.8) is 0 Å². The van der Waals surface area contributed by atoms with E-state index < -0.39 is 12.1 Å². The van der Waals surface area contributed by atoms with Gasteiger partial charge in [-0.25, -0.2) is 9.59 Å². The first-order valence-electron chi connectivity index (χ1n) is 4.99. The molecule has 2 rings (SSSR count). The van der Waals surface area contributed by atoms with Crippen molar-refractivity contribution in [1.29, 1.82) is 0 Å². The van der Waals surface area contributed by atoms with Crippen LogP contribution >= 0.6 is 0 Å². The lowest BCUT2D eigenvalue weighted by molar-refractivity contribution is 0.0696. The molecular weight excluding hydrogens is 226 g/mol. The number of carboxylic acids is 1. The van der Waals surface area contributed by atoms with E-state index in [0.29, 0.717) is 24.6 Å². The number of carbonyl (C=O) groups excluding carboxylic acids is 1. The number of ether oxygens (including phenoxy) is 2. The van der Waals surface area contributed by atoms with Crippen molar-refractivity contribution in [2.45, 2.75) is 0 Å². The summed E-state index contributed by atoms with van der Waals surface area (Å²) in [6.07, 6.45) is -0.452. The topological polar surface area (TPSA) is 76.1 Å². The molecule has 0 radical (unpaired) electrons. The van der Waals surface area contributed by atoms with Crippen LogP contribution in [0.4, 0.5) is 10.5 Å². The molecule has 90 valence electrons. The molecule has 6 heteroatoms. The number of benzene rings is 1. The molecule has 1 aromatic carbocycles. The van der Waals surface area contributed by atoms with Crippen molar-refractivity contribution in [2.24, 2.45) is 0 Å². The highest BCUT2D eigenvalue weighted by atomic mass is 16.6. The molecule has 0 aromatic heterocycles. The fourth-order valence-electron chi connectivity index (χ4n) is 1.65. The third kappa shape index (κ3) is 2.01. The van der Waals surface area contributed by atoms with E-state index in [-0.39, 0.29) is 5.56 Å². The summed E-state index contributed by atoms with van der Waals surface area (Å²) >= 11 is 0. The third-order valence-electron chi connectivity index (χ3n) is 2.48. The van der Waals surface area contributed by atoms with E-state index in [0.717, 1.165) is 0 Å². The van der Waals surface area contributed by atoms with Crippen molar-refractivity contribution in [1.82, 2.24) is 0 Å². The van der Waals surface area contributed by atoms with Gasteiger partial charge in [0.2, 0.25) is 0 Å². The molecule has 0 aliphatic carbocycles. The number of carboxylic acid groups (broad SMARTS) is 1. The first-order valence-corrected chi connectivity index (χ1v) is 4.99. The second kappa shape index (κ2) is 4.32. The minimum Gasteiger partial charge on any atom is -0.495 e. The summed E-state index contributed by atoms with van der Waals surface area (Å²) < 4.78 is 9.90. The lowest BCUT2D eigenvalue weighted by Crippen LogP contribution is -2.24. The van der Waals surface area contributed by atoms with Crippen LogP contribution in [0.25, 0.3) is 0 Å². The second-order valence-electron chi connectivity index (χ2n) is 3.46. The highest BCUT2D eigenvalue weighted by molar-refractivity contribution is 5.94. The molecule has 1 aliphatic rings. The molecule has 1 amide bonds. The van der Waals surface area contributed by atoms with Crippen LogP contribution in [0.5, 0.6) is 5.75 Å². The predicted octanol–water partition coefficient (Wildman–Crippen LogP) is 1.35. The summed E-state index contributed by atoms with van der Waals surface area (Å²) in [5.41, 5.74) is 0.623. The van der Waals surface area contributed by atoms with E-state index in [1.807, 2.05) is 0 Å². The van der Waals surface area contributed by atoms with E-state index >= 15 is 0 Å². The maximum Gasteiger partial charge on any atom is 0.414 e. The molecule has 0 atom stereocenters. The molecule has 0 bridgehead atoms. The molecule has 0 unspecified atom stereocenters. The van der Waals surface area contributed by atoms with Crippen LogP contribution < -0.4 is 9.64 Å². The molecule has 1 heterocycles. The van der Waals surface area contributed by atoms with Crippen molar-refractivity contribution < 1.29 is 24.2 Å². The van der Waals surface area contributed by atoms with Gasteiger partial charge >= 0.3 is 12.1 Å². The van der Waals surface area contributed by atoms with Crippen molar-refractivity contribution in [2.75, 3.05) is 25.2 Å². The number of amides is 1. The first-order chi connectivity index (χ1) is 8.13. The van der Waals surface area contributed by atoms with Crippen LogP contribution in [-0.4, -0.2) is 37.4 Å². The first kappa shape index (κ1) is 11.3.